The Bertz CT molecular complexity index is 2360. The molecule has 0 radical (unpaired) electrons. The number of nitrogens with zero attached hydrogens (tertiary/aromatic N) is 2. The molecular weight excluding hydrogens is 569 g/mol. The van der Waals surface area contributed by atoms with Gasteiger partial charge in [0.2, 0.25) is 0 Å². The molecule has 0 saturated carbocycles. The summed E-state index contributed by atoms with van der Waals surface area (Å²) in [6.07, 6.45) is 0. The lowest BCUT2D eigenvalue weighted by Crippen LogP contribution is -2.16. The minimum Gasteiger partial charge on any atom is -0.310 e. The standard InChI is InChI=1S/C45H34N2/c1-45(2)41-28-26-35(47-43-19-11-9-17-38(43)39-18-10-12-20-44(39)47)29-40(41)37-27-25-36(30-42(37)45)46(33-15-7-4-8-16-33)34-23-21-32(22-24-34)31-13-5-3-6-14-31/h3-30H,1-2H3. The number of aromatic nitrogens is 1. The molecule has 9 rings (SSSR count). The van der Waals surface area contributed by atoms with Crippen LogP contribution in [0.1, 0.15) is 25.0 Å². The van der Waals surface area contributed by atoms with Crippen LogP contribution in [0.25, 0.3) is 49.7 Å². The smallest absolute Gasteiger partial charge is 0.0541 e. The lowest BCUT2D eigenvalue weighted by Gasteiger charge is -2.28. The summed E-state index contributed by atoms with van der Waals surface area (Å²) < 4.78 is 2.42. The van der Waals surface area contributed by atoms with E-state index in [9.17, 15) is 0 Å². The zero-order valence-corrected chi connectivity index (χ0v) is 26.6. The summed E-state index contributed by atoms with van der Waals surface area (Å²) in [7, 11) is 0. The normalized spacial score (nSPS) is 13.1. The van der Waals surface area contributed by atoms with Gasteiger partial charge in [0.1, 0.15) is 0 Å². The maximum Gasteiger partial charge on any atom is 0.0541 e. The number of benzene rings is 7. The molecule has 1 aliphatic rings. The molecule has 0 atom stereocenters. The molecule has 0 saturated heterocycles. The molecule has 0 spiro atoms. The molecule has 224 valence electrons. The van der Waals surface area contributed by atoms with E-state index in [-0.39, 0.29) is 5.41 Å². The van der Waals surface area contributed by atoms with Crippen LogP contribution in [-0.2, 0) is 5.41 Å². The van der Waals surface area contributed by atoms with E-state index in [1.165, 1.54) is 60.9 Å². The van der Waals surface area contributed by atoms with Crippen LogP contribution in [0.2, 0.25) is 0 Å². The molecule has 1 aromatic heterocycles. The first-order valence-electron chi connectivity index (χ1n) is 16.4. The summed E-state index contributed by atoms with van der Waals surface area (Å²) in [6.45, 7) is 4.73. The maximum atomic E-state index is 2.42. The predicted molar refractivity (Wildman–Crippen MR) is 198 cm³/mol. The molecule has 0 unspecified atom stereocenters. The third-order valence-corrected chi connectivity index (χ3v) is 9.99. The number of rotatable bonds is 5. The zero-order chi connectivity index (χ0) is 31.5. The number of para-hydroxylation sites is 3. The SMILES string of the molecule is CC1(C)c2ccc(-n3c4ccccc4c4ccccc43)cc2-c2ccc(N(c3ccccc3)c3ccc(-c4ccccc4)cc3)cc21. The predicted octanol–water partition coefficient (Wildman–Crippen LogP) is 12.2. The quantitative estimate of drug-likeness (QED) is 0.190. The van der Waals surface area contributed by atoms with Crippen molar-refractivity contribution in [2.45, 2.75) is 19.3 Å². The molecule has 0 bridgehead atoms. The van der Waals surface area contributed by atoms with Gasteiger partial charge in [-0.2, -0.15) is 0 Å². The van der Waals surface area contributed by atoms with Gasteiger partial charge in [0.25, 0.3) is 0 Å². The summed E-state index contributed by atoms with van der Waals surface area (Å²) in [5.41, 5.74) is 14.7. The van der Waals surface area contributed by atoms with E-state index in [4.69, 9.17) is 0 Å². The second-order valence-corrected chi connectivity index (χ2v) is 13.0. The van der Waals surface area contributed by atoms with Gasteiger partial charge in [-0.1, -0.05) is 123 Å². The van der Waals surface area contributed by atoms with E-state index < -0.39 is 0 Å². The summed E-state index contributed by atoms with van der Waals surface area (Å²) >= 11 is 0. The summed E-state index contributed by atoms with van der Waals surface area (Å²) in [6, 6.07) is 61.8. The van der Waals surface area contributed by atoms with Crippen LogP contribution in [0.4, 0.5) is 17.1 Å². The fourth-order valence-corrected chi connectivity index (χ4v) is 7.67. The van der Waals surface area contributed by atoms with E-state index in [1.807, 2.05) is 0 Å². The second-order valence-electron chi connectivity index (χ2n) is 13.0. The van der Waals surface area contributed by atoms with Gasteiger partial charge in [-0.25, -0.2) is 0 Å². The van der Waals surface area contributed by atoms with Gasteiger partial charge < -0.3 is 9.47 Å². The first-order valence-corrected chi connectivity index (χ1v) is 16.4. The Morgan fingerprint density at radius 3 is 1.66 bits per heavy atom. The number of anilines is 3. The van der Waals surface area contributed by atoms with Crippen molar-refractivity contribution in [3.63, 3.8) is 0 Å². The molecule has 2 heteroatoms. The lowest BCUT2D eigenvalue weighted by molar-refractivity contribution is 0.660. The fraction of sp³-hybridized carbons (Fsp3) is 0.0667. The number of hydrogen-bond acceptors (Lipinski definition) is 1. The van der Waals surface area contributed by atoms with Gasteiger partial charge in [0.15, 0.2) is 0 Å². The molecule has 0 fully saturated rings. The highest BCUT2D eigenvalue weighted by molar-refractivity contribution is 6.09. The Labute approximate surface area is 275 Å². The second kappa shape index (κ2) is 10.6. The third kappa shape index (κ3) is 4.33. The van der Waals surface area contributed by atoms with Crippen molar-refractivity contribution in [2.24, 2.45) is 0 Å². The van der Waals surface area contributed by atoms with E-state index in [0.29, 0.717) is 0 Å². The van der Waals surface area contributed by atoms with Crippen molar-refractivity contribution >= 4 is 38.9 Å². The molecule has 47 heavy (non-hydrogen) atoms. The first-order chi connectivity index (χ1) is 23.1. The van der Waals surface area contributed by atoms with E-state index >= 15 is 0 Å². The monoisotopic (exact) mass is 602 g/mol. The van der Waals surface area contributed by atoms with Gasteiger partial charge in [0.05, 0.1) is 11.0 Å². The van der Waals surface area contributed by atoms with Crippen LogP contribution in [0.5, 0.6) is 0 Å². The summed E-state index contributed by atoms with van der Waals surface area (Å²) in [5, 5.41) is 2.57. The average Bonchev–Trinajstić information content (AvgIpc) is 3.58. The summed E-state index contributed by atoms with van der Waals surface area (Å²) in [5.74, 6) is 0. The molecule has 0 amide bonds. The van der Waals surface area contributed by atoms with Gasteiger partial charge >= 0.3 is 0 Å². The van der Waals surface area contributed by atoms with Crippen LogP contribution in [0, 0.1) is 0 Å². The van der Waals surface area contributed by atoms with Crippen LogP contribution in [0.3, 0.4) is 0 Å². The van der Waals surface area contributed by atoms with Crippen molar-refractivity contribution in [3.05, 3.63) is 181 Å². The Kier molecular flexibility index (Phi) is 6.20. The highest BCUT2D eigenvalue weighted by Crippen LogP contribution is 2.51. The largest absolute Gasteiger partial charge is 0.310 e. The van der Waals surface area contributed by atoms with Crippen LogP contribution < -0.4 is 4.90 Å². The van der Waals surface area contributed by atoms with Gasteiger partial charge in [-0.3, -0.25) is 0 Å². The van der Waals surface area contributed by atoms with E-state index in [0.717, 1.165) is 17.1 Å². The van der Waals surface area contributed by atoms with Crippen LogP contribution >= 0.6 is 0 Å². The Hall–Kier alpha value is -5.86. The minimum atomic E-state index is -0.139. The fourth-order valence-electron chi connectivity index (χ4n) is 7.67. The van der Waals surface area contributed by atoms with Crippen molar-refractivity contribution < 1.29 is 0 Å². The highest BCUT2D eigenvalue weighted by atomic mass is 15.1. The van der Waals surface area contributed by atoms with Gasteiger partial charge in [0, 0.05) is 38.9 Å². The van der Waals surface area contributed by atoms with E-state index in [2.05, 4.69) is 193 Å². The molecule has 8 aromatic rings. The molecule has 0 aliphatic heterocycles. The summed E-state index contributed by atoms with van der Waals surface area (Å²) in [4.78, 5) is 2.37. The van der Waals surface area contributed by atoms with Gasteiger partial charge in [-0.15, -0.1) is 0 Å². The molecule has 1 aliphatic carbocycles. The molecular formula is C45H34N2. The van der Waals surface area contributed by atoms with Crippen molar-refractivity contribution in [3.8, 4) is 27.9 Å². The lowest BCUT2D eigenvalue weighted by atomic mass is 9.82. The molecule has 1 heterocycles. The number of fused-ring (bicyclic) bond motifs is 6. The van der Waals surface area contributed by atoms with Crippen molar-refractivity contribution in [1.29, 1.82) is 0 Å². The van der Waals surface area contributed by atoms with Gasteiger partial charge in [-0.05, 0) is 94.0 Å². The topological polar surface area (TPSA) is 8.17 Å². The number of hydrogen-bond donors (Lipinski definition) is 0. The Balaban J connectivity index is 1.17. The molecule has 2 nitrogen and oxygen atoms in total. The zero-order valence-electron chi connectivity index (χ0n) is 26.6. The maximum absolute atomic E-state index is 2.42. The van der Waals surface area contributed by atoms with Crippen molar-refractivity contribution in [1.82, 2.24) is 4.57 Å². The average molecular weight is 603 g/mol. The van der Waals surface area contributed by atoms with Crippen molar-refractivity contribution in [2.75, 3.05) is 4.90 Å². The van der Waals surface area contributed by atoms with Crippen LogP contribution in [0.15, 0.2) is 170 Å². The van der Waals surface area contributed by atoms with Crippen LogP contribution in [-0.4, -0.2) is 4.57 Å². The Morgan fingerprint density at radius 2 is 0.979 bits per heavy atom. The Morgan fingerprint density at radius 1 is 0.426 bits per heavy atom. The highest BCUT2D eigenvalue weighted by Gasteiger charge is 2.36. The minimum absolute atomic E-state index is 0.139. The molecule has 7 aromatic carbocycles. The first kappa shape index (κ1) is 27.5. The van der Waals surface area contributed by atoms with E-state index in [1.54, 1.807) is 0 Å². The third-order valence-electron chi connectivity index (χ3n) is 9.99. The molecule has 0 N–H and O–H groups in total.